The van der Waals surface area contributed by atoms with E-state index in [1.807, 2.05) is 0 Å². The molecule has 0 saturated carbocycles. The number of carbonyl (C=O) groups is 3. The summed E-state index contributed by atoms with van der Waals surface area (Å²) in [6, 6.07) is 8.66. The van der Waals surface area contributed by atoms with Crippen molar-refractivity contribution in [3.63, 3.8) is 0 Å². The van der Waals surface area contributed by atoms with Crippen LogP contribution >= 0.6 is 28.1 Å². The third kappa shape index (κ3) is 5.37. The molecule has 1 aliphatic rings. The second-order valence-corrected chi connectivity index (χ2v) is 7.78. The van der Waals surface area contributed by atoms with E-state index >= 15 is 0 Å². The minimum Gasteiger partial charge on any atom is -0.493 e. The van der Waals surface area contributed by atoms with Gasteiger partial charge in [0.2, 0.25) is 0 Å². The van der Waals surface area contributed by atoms with Crippen molar-refractivity contribution < 1.29 is 33.0 Å². The van der Waals surface area contributed by atoms with Crippen molar-refractivity contribution in [1.82, 2.24) is 5.32 Å². The van der Waals surface area contributed by atoms with Crippen molar-refractivity contribution in [1.29, 1.82) is 0 Å². The van der Waals surface area contributed by atoms with Gasteiger partial charge < -0.3 is 14.2 Å². The first-order valence-corrected chi connectivity index (χ1v) is 10.8. The molecule has 2 aromatic rings. The Bertz CT molecular complexity index is 1170. The Balaban J connectivity index is 1.95. The number of para-hydroxylation sites is 1. The molecule has 1 aliphatic heterocycles. The number of benzene rings is 2. The van der Waals surface area contributed by atoms with Crippen LogP contribution in [0.25, 0.3) is 6.08 Å². The number of thiocarbonyl (C=S) groups is 1. The Labute approximate surface area is 202 Å². The Morgan fingerprint density at radius 1 is 1.27 bits per heavy atom. The van der Waals surface area contributed by atoms with E-state index in [0.717, 1.165) is 4.90 Å². The zero-order valence-electron chi connectivity index (χ0n) is 17.5. The van der Waals surface area contributed by atoms with Gasteiger partial charge in [-0.05, 0) is 71.0 Å². The molecule has 0 bridgehead atoms. The van der Waals surface area contributed by atoms with Crippen molar-refractivity contribution in [3.8, 4) is 11.5 Å². The lowest BCUT2D eigenvalue weighted by atomic mass is 10.1. The maximum Gasteiger partial charge on any atom is 0.344 e. The van der Waals surface area contributed by atoms with Crippen molar-refractivity contribution >= 4 is 62.8 Å². The van der Waals surface area contributed by atoms with E-state index < -0.39 is 23.6 Å². The van der Waals surface area contributed by atoms with Gasteiger partial charge in [-0.15, -0.1) is 0 Å². The van der Waals surface area contributed by atoms with Crippen LogP contribution < -0.4 is 19.7 Å². The highest BCUT2D eigenvalue weighted by Gasteiger charge is 2.35. The fourth-order valence-electron chi connectivity index (χ4n) is 2.97. The molecule has 0 radical (unpaired) electrons. The maximum absolute atomic E-state index is 14.3. The molecule has 8 nitrogen and oxygen atoms in total. The standard InChI is InChI=1S/C22H18BrFN2O6S/c1-3-31-18(27)11-32-19-14(23)9-12(10-17(19)30-2)8-13-20(28)25-22(33)26(21(13)29)16-7-5-4-6-15(16)24/h4-10H,3,11H2,1-2H3,(H,25,28,33)/b13-8+. The van der Waals surface area contributed by atoms with E-state index in [1.54, 1.807) is 19.1 Å². The summed E-state index contributed by atoms with van der Waals surface area (Å²) in [7, 11) is 1.40. The lowest BCUT2D eigenvalue weighted by Crippen LogP contribution is -2.54. The van der Waals surface area contributed by atoms with Gasteiger partial charge in [0.05, 0.1) is 23.9 Å². The number of esters is 1. The van der Waals surface area contributed by atoms with Crippen LogP contribution in [0, 0.1) is 5.82 Å². The van der Waals surface area contributed by atoms with E-state index in [1.165, 1.54) is 37.5 Å². The number of nitrogens with one attached hydrogen (secondary N) is 1. The summed E-state index contributed by atoms with van der Waals surface area (Å²) in [5.74, 6) is -2.25. The van der Waals surface area contributed by atoms with Crippen LogP contribution in [0.5, 0.6) is 11.5 Å². The van der Waals surface area contributed by atoms with Crippen molar-refractivity contribution in [2.45, 2.75) is 6.92 Å². The van der Waals surface area contributed by atoms with E-state index in [-0.39, 0.29) is 41.1 Å². The number of rotatable bonds is 7. The number of methoxy groups -OCH3 is 1. The fraction of sp³-hybridized carbons (Fsp3) is 0.182. The van der Waals surface area contributed by atoms with E-state index in [2.05, 4.69) is 21.2 Å². The second kappa shape index (κ2) is 10.5. The number of halogens is 2. The first-order valence-electron chi connectivity index (χ1n) is 9.58. The average Bonchev–Trinajstić information content (AvgIpc) is 2.77. The third-order valence-electron chi connectivity index (χ3n) is 4.40. The van der Waals surface area contributed by atoms with Crippen LogP contribution in [0.1, 0.15) is 12.5 Å². The van der Waals surface area contributed by atoms with Gasteiger partial charge >= 0.3 is 5.97 Å². The summed E-state index contributed by atoms with van der Waals surface area (Å²) in [5, 5.41) is 2.17. The SMILES string of the molecule is CCOC(=O)COc1c(Br)cc(/C=C2\C(=O)NC(=S)N(c3ccccc3F)C2=O)cc1OC. The summed E-state index contributed by atoms with van der Waals surface area (Å²) in [4.78, 5) is 38.1. The molecule has 1 fully saturated rings. The van der Waals surface area contributed by atoms with Gasteiger partial charge in [0, 0.05) is 0 Å². The number of hydrogen-bond acceptors (Lipinski definition) is 7. The number of hydrogen-bond donors (Lipinski definition) is 1. The van der Waals surface area contributed by atoms with E-state index in [0.29, 0.717) is 10.0 Å². The quantitative estimate of drug-likeness (QED) is 0.251. The Kier molecular flexibility index (Phi) is 7.77. The lowest BCUT2D eigenvalue weighted by Gasteiger charge is -2.29. The first-order chi connectivity index (χ1) is 15.8. The highest BCUT2D eigenvalue weighted by atomic mass is 79.9. The number of anilines is 1. The molecule has 11 heteroatoms. The molecule has 0 aromatic heterocycles. The monoisotopic (exact) mass is 536 g/mol. The maximum atomic E-state index is 14.3. The summed E-state index contributed by atoms with van der Waals surface area (Å²) in [6.45, 7) is 1.56. The summed E-state index contributed by atoms with van der Waals surface area (Å²) in [6.07, 6.45) is 1.32. The Morgan fingerprint density at radius 2 is 2.00 bits per heavy atom. The summed E-state index contributed by atoms with van der Waals surface area (Å²) < 4.78 is 30.3. The second-order valence-electron chi connectivity index (χ2n) is 6.54. The largest absolute Gasteiger partial charge is 0.493 e. The average molecular weight is 537 g/mol. The number of nitrogens with zero attached hydrogens (tertiary/aromatic N) is 1. The van der Waals surface area contributed by atoms with Crippen LogP contribution in [0.4, 0.5) is 10.1 Å². The predicted octanol–water partition coefficient (Wildman–Crippen LogP) is 3.37. The molecule has 0 atom stereocenters. The molecule has 1 N–H and O–H groups in total. The minimum atomic E-state index is -0.786. The smallest absolute Gasteiger partial charge is 0.344 e. The van der Waals surface area contributed by atoms with E-state index in [4.69, 9.17) is 26.4 Å². The van der Waals surface area contributed by atoms with Crippen LogP contribution in [0.3, 0.4) is 0 Å². The Morgan fingerprint density at radius 3 is 2.67 bits per heavy atom. The highest BCUT2D eigenvalue weighted by molar-refractivity contribution is 9.10. The summed E-state index contributed by atoms with van der Waals surface area (Å²) >= 11 is 8.42. The van der Waals surface area contributed by atoms with Gasteiger partial charge in [0.15, 0.2) is 23.2 Å². The normalized spacial score (nSPS) is 14.8. The lowest BCUT2D eigenvalue weighted by molar-refractivity contribution is -0.145. The highest BCUT2D eigenvalue weighted by Crippen LogP contribution is 2.37. The topological polar surface area (TPSA) is 94.2 Å². The van der Waals surface area contributed by atoms with Crippen molar-refractivity contribution in [3.05, 3.63) is 57.8 Å². The molecule has 0 aliphatic carbocycles. The number of carbonyl (C=O) groups excluding carboxylic acids is 3. The van der Waals surface area contributed by atoms with E-state index in [9.17, 15) is 18.8 Å². The van der Waals surface area contributed by atoms with Crippen LogP contribution in [-0.2, 0) is 19.1 Å². The zero-order chi connectivity index (χ0) is 24.1. The third-order valence-corrected chi connectivity index (χ3v) is 5.27. The minimum absolute atomic E-state index is 0.0834. The molecule has 172 valence electrons. The molecule has 3 rings (SSSR count). The van der Waals surface area contributed by atoms with Gasteiger partial charge in [0.1, 0.15) is 11.4 Å². The molecule has 2 aromatic carbocycles. The predicted molar refractivity (Wildman–Crippen MR) is 125 cm³/mol. The molecular formula is C22H18BrFN2O6S. The van der Waals surface area contributed by atoms with Crippen LogP contribution in [-0.4, -0.2) is 43.2 Å². The summed E-state index contributed by atoms with van der Waals surface area (Å²) in [5.41, 5.74) is 0.0582. The molecule has 1 saturated heterocycles. The van der Waals surface area contributed by atoms with Gasteiger partial charge in [-0.3, -0.25) is 14.9 Å². The van der Waals surface area contributed by atoms with Crippen LogP contribution in [0.2, 0.25) is 0 Å². The molecule has 1 heterocycles. The van der Waals surface area contributed by atoms with Gasteiger partial charge in [-0.1, -0.05) is 12.1 Å². The van der Waals surface area contributed by atoms with Gasteiger partial charge in [0.25, 0.3) is 11.8 Å². The van der Waals surface area contributed by atoms with Crippen LogP contribution in [0.15, 0.2) is 46.4 Å². The molecule has 33 heavy (non-hydrogen) atoms. The molecule has 0 spiro atoms. The fourth-order valence-corrected chi connectivity index (χ4v) is 3.82. The van der Waals surface area contributed by atoms with Crippen molar-refractivity contribution in [2.24, 2.45) is 0 Å². The Hall–Kier alpha value is -3.31. The van der Waals surface area contributed by atoms with Gasteiger partial charge in [-0.2, -0.15) is 0 Å². The molecular weight excluding hydrogens is 519 g/mol. The first kappa shape index (κ1) is 24.3. The molecule has 0 unspecified atom stereocenters. The van der Waals surface area contributed by atoms with Gasteiger partial charge in [-0.25, -0.2) is 14.1 Å². The number of amides is 2. The number of ether oxygens (including phenoxy) is 3. The zero-order valence-corrected chi connectivity index (χ0v) is 19.9. The molecule has 2 amide bonds. The van der Waals surface area contributed by atoms with Crippen molar-refractivity contribution in [2.75, 3.05) is 25.2 Å².